The van der Waals surface area contributed by atoms with Crippen LogP contribution in [0.1, 0.15) is 6.93 Å². The van der Waals surface area contributed by atoms with Crippen LogP contribution in [-0.4, -0.2) is 20.0 Å². The molecule has 3 aromatic rings. The third kappa shape index (κ3) is 2.19. The Hall–Kier alpha value is -3.00. The van der Waals surface area contributed by atoms with Gasteiger partial charge in [0.25, 0.3) is 0 Å². The summed E-state index contributed by atoms with van der Waals surface area (Å²) in [5.74, 6) is 0. The van der Waals surface area contributed by atoms with Crippen LogP contribution >= 0.6 is 0 Å². The monoisotopic (exact) mass is 248 g/mol. The Labute approximate surface area is 111 Å². The van der Waals surface area contributed by atoms with Crippen molar-refractivity contribution in [3.63, 3.8) is 0 Å². The maximum atomic E-state index is 8.91. The second-order valence-electron chi connectivity index (χ2n) is 3.87. The van der Waals surface area contributed by atoms with E-state index in [9.17, 15) is 0 Å². The van der Waals surface area contributed by atoms with Crippen molar-refractivity contribution in [3.8, 4) is 23.0 Å². The SMILES string of the molecule is [2H]c1c(-c2cccnc2)nnn1-c1cccc(C#N)c1. The molecule has 0 radical (unpaired) electrons. The minimum absolute atomic E-state index is 0.160. The Morgan fingerprint density at radius 2 is 2.21 bits per heavy atom. The Bertz CT molecular complexity index is 789. The lowest BCUT2D eigenvalue weighted by Gasteiger charge is -1.99. The van der Waals surface area contributed by atoms with Crippen LogP contribution in [0.3, 0.4) is 0 Å². The quantitative estimate of drug-likeness (QED) is 0.697. The average Bonchev–Trinajstić information content (AvgIpc) is 2.90. The number of aromatic nitrogens is 4. The topological polar surface area (TPSA) is 67.4 Å². The molecule has 2 aromatic heterocycles. The molecule has 0 atom stereocenters. The summed E-state index contributed by atoms with van der Waals surface area (Å²) in [7, 11) is 0. The van der Waals surface area contributed by atoms with Crippen molar-refractivity contribution < 1.29 is 1.37 Å². The van der Waals surface area contributed by atoms with E-state index in [0.29, 0.717) is 16.9 Å². The third-order valence-corrected chi connectivity index (χ3v) is 2.60. The van der Waals surface area contributed by atoms with E-state index in [-0.39, 0.29) is 6.17 Å². The summed E-state index contributed by atoms with van der Waals surface area (Å²) in [6.07, 6.45) is 3.46. The standard InChI is InChI=1S/C14H9N5/c15-8-11-3-1-5-13(7-11)19-10-14(17-18-19)12-4-2-6-16-9-12/h1-7,9-10H/i10D. The molecule has 0 aliphatic rings. The van der Waals surface area contributed by atoms with Gasteiger partial charge < -0.3 is 0 Å². The van der Waals surface area contributed by atoms with Crippen LogP contribution in [0.2, 0.25) is 0 Å². The van der Waals surface area contributed by atoms with Crippen LogP contribution in [-0.2, 0) is 0 Å². The van der Waals surface area contributed by atoms with Crippen molar-refractivity contribution in [3.05, 3.63) is 60.5 Å². The molecule has 5 heteroatoms. The average molecular weight is 248 g/mol. The van der Waals surface area contributed by atoms with E-state index < -0.39 is 0 Å². The number of rotatable bonds is 2. The van der Waals surface area contributed by atoms with Crippen molar-refractivity contribution in [1.82, 2.24) is 20.0 Å². The predicted molar refractivity (Wildman–Crippen MR) is 69.3 cm³/mol. The third-order valence-electron chi connectivity index (χ3n) is 2.60. The summed E-state index contributed by atoms with van der Waals surface area (Å²) in [6, 6.07) is 12.6. The number of pyridine rings is 1. The van der Waals surface area contributed by atoms with Crippen molar-refractivity contribution in [2.24, 2.45) is 0 Å². The Morgan fingerprint density at radius 3 is 3.00 bits per heavy atom. The van der Waals surface area contributed by atoms with Crippen LogP contribution in [0.15, 0.2) is 55.0 Å². The molecule has 0 unspecified atom stereocenters. The molecule has 3 rings (SSSR count). The predicted octanol–water partition coefficient (Wildman–Crippen LogP) is 2.20. The molecule has 0 spiro atoms. The van der Waals surface area contributed by atoms with E-state index in [0.717, 1.165) is 5.56 Å². The lowest BCUT2D eigenvalue weighted by molar-refractivity contribution is 0.803. The molecule has 2 heterocycles. The van der Waals surface area contributed by atoms with Crippen LogP contribution < -0.4 is 0 Å². The largest absolute Gasteiger partial charge is 0.264 e. The molecule has 0 bridgehead atoms. The van der Waals surface area contributed by atoms with Crippen LogP contribution in [0.25, 0.3) is 16.9 Å². The van der Waals surface area contributed by atoms with Gasteiger partial charge in [-0.1, -0.05) is 11.3 Å². The zero-order valence-corrected chi connectivity index (χ0v) is 9.85. The number of hydrogen-bond donors (Lipinski definition) is 0. The Balaban J connectivity index is 2.09. The van der Waals surface area contributed by atoms with E-state index in [1.807, 2.05) is 6.07 Å². The lowest BCUT2D eigenvalue weighted by Crippen LogP contribution is -1.94. The van der Waals surface area contributed by atoms with Crippen molar-refractivity contribution in [2.45, 2.75) is 0 Å². The fourth-order valence-corrected chi connectivity index (χ4v) is 1.68. The highest BCUT2D eigenvalue weighted by Crippen LogP contribution is 2.16. The second kappa shape index (κ2) is 4.70. The normalized spacial score (nSPS) is 10.8. The van der Waals surface area contributed by atoms with Gasteiger partial charge in [-0.05, 0) is 30.3 Å². The molecule has 0 aliphatic heterocycles. The minimum atomic E-state index is 0.160. The maximum Gasteiger partial charge on any atom is 0.115 e. The van der Waals surface area contributed by atoms with Crippen LogP contribution in [0.5, 0.6) is 0 Å². The van der Waals surface area contributed by atoms with Gasteiger partial charge in [0.15, 0.2) is 0 Å². The summed E-state index contributed by atoms with van der Waals surface area (Å²) >= 11 is 0. The van der Waals surface area contributed by atoms with Gasteiger partial charge in [-0.2, -0.15) is 5.26 Å². The van der Waals surface area contributed by atoms with E-state index in [2.05, 4.69) is 21.4 Å². The Morgan fingerprint density at radius 1 is 1.26 bits per heavy atom. The van der Waals surface area contributed by atoms with Gasteiger partial charge in [-0.15, -0.1) is 5.10 Å². The van der Waals surface area contributed by atoms with Gasteiger partial charge in [-0.25, -0.2) is 4.68 Å². The van der Waals surface area contributed by atoms with Gasteiger partial charge in [0.1, 0.15) is 5.69 Å². The zero-order valence-electron chi connectivity index (χ0n) is 10.9. The number of nitriles is 1. The molecule has 0 fully saturated rings. The van der Waals surface area contributed by atoms with Gasteiger partial charge in [-0.3, -0.25) is 4.98 Å². The summed E-state index contributed by atoms with van der Waals surface area (Å²) in [5.41, 5.74) is 2.35. The molecule has 90 valence electrons. The number of nitrogens with zero attached hydrogens (tertiary/aromatic N) is 5. The van der Waals surface area contributed by atoms with E-state index in [1.165, 1.54) is 4.68 Å². The highest BCUT2D eigenvalue weighted by atomic mass is 15.4. The smallest absolute Gasteiger partial charge is 0.115 e. The highest BCUT2D eigenvalue weighted by molar-refractivity contribution is 5.56. The first kappa shape index (κ1) is 9.97. The Kier molecular flexibility index (Phi) is 2.47. The van der Waals surface area contributed by atoms with Gasteiger partial charge in [0, 0.05) is 18.0 Å². The fraction of sp³-hybridized carbons (Fsp3) is 0. The summed E-state index contributed by atoms with van der Waals surface area (Å²) in [5, 5.41) is 16.9. The van der Waals surface area contributed by atoms with E-state index >= 15 is 0 Å². The van der Waals surface area contributed by atoms with Gasteiger partial charge in [0.2, 0.25) is 0 Å². The summed E-state index contributed by atoms with van der Waals surface area (Å²) < 4.78 is 9.55. The summed E-state index contributed by atoms with van der Waals surface area (Å²) in [4.78, 5) is 4.01. The molecule has 0 saturated heterocycles. The first-order chi connectivity index (χ1) is 9.79. The molecule has 0 saturated carbocycles. The molecule has 0 aliphatic carbocycles. The van der Waals surface area contributed by atoms with Crippen LogP contribution in [0.4, 0.5) is 0 Å². The molecule has 19 heavy (non-hydrogen) atoms. The summed E-state index contributed by atoms with van der Waals surface area (Å²) in [6.45, 7) is 0. The van der Waals surface area contributed by atoms with Crippen LogP contribution in [0, 0.1) is 11.3 Å². The first-order valence-corrected chi connectivity index (χ1v) is 5.63. The minimum Gasteiger partial charge on any atom is -0.264 e. The van der Waals surface area contributed by atoms with Crippen molar-refractivity contribution in [2.75, 3.05) is 0 Å². The van der Waals surface area contributed by atoms with Gasteiger partial charge in [0.05, 0.1) is 24.9 Å². The lowest BCUT2D eigenvalue weighted by atomic mass is 10.2. The van der Waals surface area contributed by atoms with Crippen molar-refractivity contribution in [1.29, 1.82) is 5.26 Å². The molecule has 0 N–H and O–H groups in total. The maximum absolute atomic E-state index is 8.91. The number of hydrogen-bond acceptors (Lipinski definition) is 4. The first-order valence-electron chi connectivity index (χ1n) is 6.13. The molecule has 5 nitrogen and oxygen atoms in total. The molecule has 0 amide bonds. The van der Waals surface area contributed by atoms with E-state index in [1.54, 1.807) is 42.7 Å². The molecular weight excluding hydrogens is 238 g/mol. The zero-order chi connectivity index (χ0) is 13.9. The second-order valence-corrected chi connectivity index (χ2v) is 3.87. The van der Waals surface area contributed by atoms with E-state index in [4.69, 9.17) is 6.63 Å². The molecule has 1 aromatic carbocycles. The van der Waals surface area contributed by atoms with Crippen molar-refractivity contribution >= 4 is 0 Å². The van der Waals surface area contributed by atoms with Gasteiger partial charge >= 0.3 is 0 Å². The number of benzene rings is 1. The molecular formula is C14H9N5. The fourth-order valence-electron chi connectivity index (χ4n) is 1.68. The highest BCUT2D eigenvalue weighted by Gasteiger charge is 2.05.